The molecule has 4 aromatic rings. The van der Waals surface area contributed by atoms with E-state index in [1.165, 1.54) is 0 Å². The molecule has 25 heteroatoms. The molecular formula is C39H53Cl4N5O10P2S2Si2. The van der Waals surface area contributed by atoms with Crippen molar-refractivity contribution < 1.29 is 45.8 Å². The third-order valence-corrected chi connectivity index (χ3v) is 26.9. The average Bonchev–Trinajstić information content (AvgIpc) is 3.93. The van der Waals surface area contributed by atoms with Gasteiger partial charge in [-0.2, -0.15) is 5.26 Å². The Morgan fingerprint density at radius 3 is 1.61 bits per heavy atom. The van der Waals surface area contributed by atoms with E-state index in [2.05, 4.69) is 83.8 Å². The van der Waals surface area contributed by atoms with E-state index in [1.54, 1.807) is 46.1 Å². The van der Waals surface area contributed by atoms with Crippen LogP contribution in [0.1, 0.15) is 60.4 Å². The zero-order valence-corrected chi connectivity index (χ0v) is 45.4. The Bertz CT molecular complexity index is 2540. The van der Waals surface area contributed by atoms with Crippen LogP contribution in [-0.2, 0) is 64.6 Å². The largest absolute Gasteiger partial charge is 0.407 e. The summed E-state index contributed by atoms with van der Waals surface area (Å²) in [5.74, 6) is 0. The van der Waals surface area contributed by atoms with Gasteiger partial charge in [0.05, 0.1) is 87.1 Å². The lowest BCUT2D eigenvalue weighted by Gasteiger charge is -2.41. The quantitative estimate of drug-likeness (QED) is 0.0956. The maximum Gasteiger partial charge on any atom is 0.327 e. The van der Waals surface area contributed by atoms with Gasteiger partial charge in [0.1, 0.15) is 36.6 Å². The van der Waals surface area contributed by atoms with Crippen molar-refractivity contribution in [1.82, 2.24) is 19.1 Å². The number of halogens is 4. The lowest BCUT2D eigenvalue weighted by atomic mass is 10.1. The lowest BCUT2D eigenvalue weighted by Crippen LogP contribution is -2.50. The average molecular weight is 1080 g/mol. The van der Waals surface area contributed by atoms with Crippen LogP contribution in [0.3, 0.4) is 0 Å². The molecule has 2 aromatic carbocycles. The highest BCUT2D eigenvalue weighted by atomic mass is 35.5. The molecule has 7 rings (SSSR count). The molecule has 0 radical (unpaired) electrons. The summed E-state index contributed by atoms with van der Waals surface area (Å²) in [7, 11) is -5.30. The van der Waals surface area contributed by atoms with Gasteiger partial charge in [0.15, 0.2) is 29.1 Å². The van der Waals surface area contributed by atoms with Crippen LogP contribution in [0, 0.1) is 11.3 Å². The molecule has 1 N–H and O–H groups in total. The number of aromatic nitrogens is 4. The fraction of sp³-hybridized carbons (Fsp3) is 0.615. The molecule has 0 amide bonds. The van der Waals surface area contributed by atoms with Gasteiger partial charge in [0, 0.05) is 0 Å². The first kappa shape index (κ1) is 51.2. The molecule has 0 saturated carbocycles. The third kappa shape index (κ3) is 10.6. The van der Waals surface area contributed by atoms with E-state index >= 15 is 0 Å². The van der Waals surface area contributed by atoms with Crippen LogP contribution in [0.4, 0.5) is 0 Å². The first-order valence-electron chi connectivity index (χ1n) is 20.5. The maximum atomic E-state index is 12.1. The second-order valence-electron chi connectivity index (χ2n) is 19.0. The number of fused-ring (bicyclic) bond motifs is 4. The number of nitriles is 1. The zero-order chi connectivity index (χ0) is 46.9. The van der Waals surface area contributed by atoms with E-state index in [0.29, 0.717) is 42.2 Å². The standard InChI is InChI=1S/C39H53Cl4N5O10P2S2Si2/c1-38(2,3)63(7,8)57-34-32-31(54-36(34)47-20-45-26-14-22(40)24(42)16-28(26)47)19-52-60(62,50-13-11-12-44)56-33-30(18-51-59(49,61)55-32)53-37(35(33)58-64(9,10)39(4,5)6)48-21-46-27-15-23(41)25(43)17-29(27)48/h14-17,20-21,30-37H,11,13,18-19H2,1-10H3,(H,49,61)/t30-,31-,32?,33?,34?,35?,36-,37-,59?,60?/m1/s1. The molecule has 0 bridgehead atoms. The van der Waals surface area contributed by atoms with Crippen molar-refractivity contribution in [2.24, 2.45) is 0 Å². The van der Waals surface area contributed by atoms with Crippen molar-refractivity contribution in [3.05, 3.63) is 57.0 Å². The van der Waals surface area contributed by atoms with Crippen molar-refractivity contribution in [3.8, 4) is 6.07 Å². The summed E-state index contributed by atoms with van der Waals surface area (Å²) in [4.78, 5) is 21.3. The Morgan fingerprint density at radius 1 is 0.750 bits per heavy atom. The van der Waals surface area contributed by atoms with E-state index in [0.717, 1.165) is 0 Å². The van der Waals surface area contributed by atoms with Gasteiger partial charge in [-0.25, -0.2) is 9.97 Å². The van der Waals surface area contributed by atoms with E-state index in [9.17, 15) is 10.2 Å². The smallest absolute Gasteiger partial charge is 0.327 e. The van der Waals surface area contributed by atoms with E-state index in [4.69, 9.17) is 111 Å². The summed E-state index contributed by atoms with van der Waals surface area (Å²) in [5, 5.41) is 10.3. The SMILES string of the molecule is CC(C)(C)[Si](C)(C)OC1C2OP(O)(=S)OC[C@H]3O[C@@H](n4cnc5cc(Cl)c(Cl)cc54)C(O[Si](C)(C)C(C)(C)C)C3OP(=S)(OCCC#N)OC[C@H]2O[C@H]1n1cnc2cc(Cl)c(Cl)cc21. The van der Waals surface area contributed by atoms with Gasteiger partial charge in [-0.05, 0) is 84.1 Å². The molecule has 352 valence electrons. The molecule has 6 unspecified atom stereocenters. The Labute approximate surface area is 405 Å². The van der Waals surface area contributed by atoms with Crippen LogP contribution in [-0.4, -0.2) is 97.1 Å². The molecule has 3 aliphatic rings. The minimum atomic E-state index is -4.17. The second kappa shape index (κ2) is 18.9. The van der Waals surface area contributed by atoms with Crippen LogP contribution in [0.5, 0.6) is 0 Å². The van der Waals surface area contributed by atoms with Gasteiger partial charge in [0.2, 0.25) is 0 Å². The molecule has 0 aliphatic carbocycles. The predicted molar refractivity (Wildman–Crippen MR) is 260 cm³/mol. The highest BCUT2D eigenvalue weighted by molar-refractivity contribution is 8.07. The third-order valence-electron chi connectivity index (χ3n) is 12.6. The van der Waals surface area contributed by atoms with Crippen molar-refractivity contribution >= 4 is 122 Å². The number of hydrogen-bond acceptors (Lipinski definition) is 14. The molecule has 64 heavy (non-hydrogen) atoms. The summed E-state index contributed by atoms with van der Waals surface area (Å²) in [6.45, 7) is 12.3. The second-order valence-corrected chi connectivity index (χ2v) is 35.9. The van der Waals surface area contributed by atoms with Crippen LogP contribution in [0.25, 0.3) is 22.1 Å². The van der Waals surface area contributed by atoms with Crippen molar-refractivity contribution in [1.29, 1.82) is 5.26 Å². The van der Waals surface area contributed by atoms with Crippen molar-refractivity contribution in [3.63, 3.8) is 0 Å². The van der Waals surface area contributed by atoms with Gasteiger partial charge in [-0.3, -0.25) is 9.05 Å². The fourth-order valence-electron chi connectivity index (χ4n) is 7.09. The number of rotatable bonds is 9. The van der Waals surface area contributed by atoms with Gasteiger partial charge in [-0.15, -0.1) is 0 Å². The van der Waals surface area contributed by atoms with E-state index in [1.807, 2.05) is 0 Å². The van der Waals surface area contributed by atoms with Crippen LogP contribution in [0.2, 0.25) is 56.4 Å². The number of nitrogens with zero attached hydrogens (tertiary/aromatic N) is 5. The highest BCUT2D eigenvalue weighted by Crippen LogP contribution is 2.58. The Morgan fingerprint density at radius 2 is 1.17 bits per heavy atom. The van der Waals surface area contributed by atoms with E-state index < -0.39 is 79.2 Å². The summed E-state index contributed by atoms with van der Waals surface area (Å²) >= 11 is 37.9. The normalized spacial score (nSPS) is 31.1. The summed E-state index contributed by atoms with van der Waals surface area (Å²) in [6.07, 6.45) is -4.52. The molecule has 0 spiro atoms. The van der Waals surface area contributed by atoms with Gasteiger partial charge >= 0.3 is 13.4 Å². The number of hydrogen-bond donors (Lipinski definition) is 1. The molecule has 3 aliphatic heterocycles. The molecular weight excluding hydrogens is 1020 g/mol. The minimum absolute atomic E-state index is 0.000404. The molecule has 15 nitrogen and oxygen atoms in total. The van der Waals surface area contributed by atoms with Crippen molar-refractivity contribution in [2.75, 3.05) is 19.8 Å². The highest BCUT2D eigenvalue weighted by Gasteiger charge is 2.57. The van der Waals surface area contributed by atoms with Crippen LogP contribution < -0.4 is 0 Å². The van der Waals surface area contributed by atoms with E-state index in [-0.39, 0.29) is 36.3 Å². The Kier molecular flexibility index (Phi) is 15.2. The number of benzene rings is 2. The van der Waals surface area contributed by atoms with Crippen LogP contribution >= 0.6 is 59.8 Å². The first-order chi connectivity index (χ1) is 29.6. The molecule has 10 atom stereocenters. The molecule has 5 heterocycles. The molecule has 2 aromatic heterocycles. The maximum absolute atomic E-state index is 12.1. The fourth-order valence-corrected chi connectivity index (χ4v) is 13.8. The molecule has 3 fully saturated rings. The van der Waals surface area contributed by atoms with Gasteiger partial charge in [0.25, 0.3) is 0 Å². The topological polar surface area (TPSA) is 163 Å². The van der Waals surface area contributed by atoms with Gasteiger partial charge < -0.3 is 45.9 Å². The summed E-state index contributed by atoms with van der Waals surface area (Å²) < 4.78 is 64.1. The Hall–Kier alpha value is -0.636. The Balaban J connectivity index is 1.33. The predicted octanol–water partition coefficient (Wildman–Crippen LogP) is 11.5. The zero-order valence-electron chi connectivity index (χ0n) is 37.0. The lowest BCUT2D eigenvalue weighted by molar-refractivity contribution is -0.0602. The summed E-state index contributed by atoms with van der Waals surface area (Å²) in [5.41, 5.74) is 2.35. The van der Waals surface area contributed by atoms with Crippen molar-refractivity contribution in [2.45, 2.75) is 133 Å². The van der Waals surface area contributed by atoms with Gasteiger partial charge in [-0.1, -0.05) is 87.9 Å². The number of ether oxygens (including phenoxy) is 2. The van der Waals surface area contributed by atoms with Crippen LogP contribution in [0.15, 0.2) is 36.9 Å². The minimum Gasteiger partial charge on any atom is -0.407 e. The monoisotopic (exact) mass is 1070 g/mol. The molecule has 3 saturated heterocycles. The summed E-state index contributed by atoms with van der Waals surface area (Å²) in [6, 6.07) is 8.82. The first-order valence-corrected chi connectivity index (χ1v) is 33.0. The number of imidazole rings is 2.